The van der Waals surface area contributed by atoms with Gasteiger partial charge in [0.05, 0.1) is 11.3 Å². The first kappa shape index (κ1) is 12.8. The van der Waals surface area contributed by atoms with Crippen LogP contribution in [-0.2, 0) is 12.1 Å². The molecule has 0 aliphatic heterocycles. The Hall–Kier alpha value is -1.65. The van der Waals surface area contributed by atoms with Gasteiger partial charge in [-0.3, -0.25) is 0 Å². The molecule has 1 unspecified atom stereocenters. The van der Waals surface area contributed by atoms with Gasteiger partial charge in [-0.2, -0.15) is 0 Å². The molecule has 96 valence electrons. The second kappa shape index (κ2) is 5.33. The van der Waals surface area contributed by atoms with E-state index >= 15 is 0 Å². The minimum absolute atomic E-state index is 0.461. The third-order valence-corrected chi connectivity index (χ3v) is 2.85. The molecule has 18 heavy (non-hydrogen) atoms. The molecule has 0 fully saturated rings. The van der Waals surface area contributed by atoms with E-state index in [1.807, 2.05) is 43.3 Å². The lowest BCUT2D eigenvalue weighted by Crippen LogP contribution is -2.35. The molecule has 0 aliphatic rings. The van der Waals surface area contributed by atoms with Gasteiger partial charge in [-0.25, -0.2) is 0 Å². The first-order chi connectivity index (χ1) is 8.58. The first-order valence-corrected chi connectivity index (χ1v) is 5.99. The van der Waals surface area contributed by atoms with E-state index in [0.717, 1.165) is 17.0 Å². The standard InChI is InChI=1S/C14H18N2O2/c1-11-8-13(16-18-11)9-15-10-14(2,17)12-6-4-3-5-7-12/h3-8,15,17H,9-10H2,1-2H3. The molecule has 0 radical (unpaired) electrons. The second-order valence-electron chi connectivity index (χ2n) is 4.67. The van der Waals surface area contributed by atoms with E-state index in [-0.39, 0.29) is 0 Å². The smallest absolute Gasteiger partial charge is 0.133 e. The molecule has 1 aromatic heterocycles. The highest BCUT2D eigenvalue weighted by molar-refractivity contribution is 5.21. The number of nitrogens with zero attached hydrogens (tertiary/aromatic N) is 1. The highest BCUT2D eigenvalue weighted by Gasteiger charge is 2.22. The van der Waals surface area contributed by atoms with Gasteiger partial charge in [0.2, 0.25) is 0 Å². The van der Waals surface area contributed by atoms with Crippen molar-refractivity contribution in [2.75, 3.05) is 6.54 Å². The number of benzene rings is 1. The van der Waals surface area contributed by atoms with Crippen LogP contribution >= 0.6 is 0 Å². The summed E-state index contributed by atoms with van der Waals surface area (Å²) in [6.45, 7) is 4.70. The molecule has 2 N–H and O–H groups in total. The van der Waals surface area contributed by atoms with Crippen molar-refractivity contribution in [2.24, 2.45) is 0 Å². The number of hydrogen-bond donors (Lipinski definition) is 2. The number of aromatic nitrogens is 1. The molecule has 0 saturated heterocycles. The number of hydrogen-bond acceptors (Lipinski definition) is 4. The Morgan fingerprint density at radius 3 is 2.67 bits per heavy atom. The maximum absolute atomic E-state index is 10.4. The van der Waals surface area contributed by atoms with Gasteiger partial charge < -0.3 is 14.9 Å². The van der Waals surface area contributed by atoms with Crippen LogP contribution in [0.3, 0.4) is 0 Å². The molecule has 2 rings (SSSR count). The summed E-state index contributed by atoms with van der Waals surface area (Å²) < 4.78 is 4.98. The zero-order valence-corrected chi connectivity index (χ0v) is 10.7. The van der Waals surface area contributed by atoms with Gasteiger partial charge in [-0.1, -0.05) is 35.5 Å². The summed E-state index contributed by atoms with van der Waals surface area (Å²) in [7, 11) is 0. The van der Waals surface area contributed by atoms with Gasteiger partial charge in [-0.05, 0) is 19.4 Å². The van der Waals surface area contributed by atoms with E-state index in [1.165, 1.54) is 0 Å². The highest BCUT2D eigenvalue weighted by Crippen LogP contribution is 2.19. The van der Waals surface area contributed by atoms with Gasteiger partial charge in [0.25, 0.3) is 0 Å². The molecule has 0 bridgehead atoms. The van der Waals surface area contributed by atoms with Crippen LogP contribution < -0.4 is 5.32 Å². The Morgan fingerprint density at radius 1 is 1.33 bits per heavy atom. The molecule has 0 spiro atoms. The van der Waals surface area contributed by atoms with E-state index in [4.69, 9.17) is 4.52 Å². The molecule has 1 heterocycles. The van der Waals surface area contributed by atoms with Crippen molar-refractivity contribution in [1.82, 2.24) is 10.5 Å². The van der Waals surface area contributed by atoms with E-state index in [0.29, 0.717) is 13.1 Å². The van der Waals surface area contributed by atoms with E-state index in [2.05, 4.69) is 10.5 Å². The fourth-order valence-corrected chi connectivity index (χ4v) is 1.83. The molecule has 4 nitrogen and oxygen atoms in total. The normalized spacial score (nSPS) is 14.4. The van der Waals surface area contributed by atoms with Crippen LogP contribution in [0.4, 0.5) is 0 Å². The average molecular weight is 246 g/mol. The van der Waals surface area contributed by atoms with Crippen molar-refractivity contribution >= 4 is 0 Å². The predicted octanol–water partition coefficient (Wildman–Crippen LogP) is 1.98. The summed E-state index contributed by atoms with van der Waals surface area (Å²) in [5, 5.41) is 17.4. The van der Waals surface area contributed by atoms with Crippen LogP contribution in [0, 0.1) is 6.92 Å². The van der Waals surface area contributed by atoms with Crippen LogP contribution in [-0.4, -0.2) is 16.8 Å². The Bertz CT molecular complexity index is 492. The highest BCUT2D eigenvalue weighted by atomic mass is 16.5. The average Bonchev–Trinajstić information content (AvgIpc) is 2.76. The molecule has 4 heteroatoms. The summed E-state index contributed by atoms with van der Waals surface area (Å²) in [5.41, 5.74) is 0.852. The number of rotatable bonds is 5. The minimum atomic E-state index is -0.889. The van der Waals surface area contributed by atoms with Gasteiger partial charge in [-0.15, -0.1) is 0 Å². The minimum Gasteiger partial charge on any atom is -0.384 e. The summed E-state index contributed by atoms with van der Waals surface area (Å²) in [6.07, 6.45) is 0. The first-order valence-electron chi connectivity index (χ1n) is 5.99. The topological polar surface area (TPSA) is 58.3 Å². The lowest BCUT2D eigenvalue weighted by Gasteiger charge is -2.24. The van der Waals surface area contributed by atoms with E-state index < -0.39 is 5.60 Å². The predicted molar refractivity (Wildman–Crippen MR) is 69.0 cm³/mol. The number of aliphatic hydroxyl groups is 1. The molecule has 1 aromatic carbocycles. The summed E-state index contributed by atoms with van der Waals surface area (Å²) >= 11 is 0. The summed E-state index contributed by atoms with van der Waals surface area (Å²) in [5.74, 6) is 0.793. The Labute approximate surface area is 107 Å². The molecular weight excluding hydrogens is 228 g/mol. The molecule has 0 saturated carbocycles. The van der Waals surface area contributed by atoms with Crippen molar-refractivity contribution in [2.45, 2.75) is 26.0 Å². The lowest BCUT2D eigenvalue weighted by molar-refractivity contribution is 0.0565. The van der Waals surface area contributed by atoms with Crippen LogP contribution in [0.5, 0.6) is 0 Å². The summed E-state index contributed by atoms with van der Waals surface area (Å²) in [6, 6.07) is 11.5. The zero-order chi connectivity index (χ0) is 13.0. The van der Waals surface area contributed by atoms with Crippen molar-refractivity contribution in [3.63, 3.8) is 0 Å². The van der Waals surface area contributed by atoms with Crippen LogP contribution in [0.1, 0.15) is 23.9 Å². The van der Waals surface area contributed by atoms with Gasteiger partial charge in [0.1, 0.15) is 5.76 Å². The monoisotopic (exact) mass is 246 g/mol. The Kier molecular flexibility index (Phi) is 3.79. The van der Waals surface area contributed by atoms with E-state index in [1.54, 1.807) is 6.92 Å². The van der Waals surface area contributed by atoms with Gasteiger partial charge >= 0.3 is 0 Å². The molecule has 1 atom stereocenters. The number of aryl methyl sites for hydroxylation is 1. The van der Waals surface area contributed by atoms with Gasteiger partial charge in [0, 0.05) is 19.2 Å². The quantitative estimate of drug-likeness (QED) is 0.847. The van der Waals surface area contributed by atoms with Crippen molar-refractivity contribution < 1.29 is 9.63 Å². The Morgan fingerprint density at radius 2 is 2.06 bits per heavy atom. The fourth-order valence-electron chi connectivity index (χ4n) is 1.83. The SMILES string of the molecule is Cc1cc(CNCC(C)(O)c2ccccc2)no1. The number of nitrogens with one attached hydrogen (secondary N) is 1. The molecule has 0 aliphatic carbocycles. The lowest BCUT2D eigenvalue weighted by atomic mass is 9.96. The van der Waals surface area contributed by atoms with Crippen molar-refractivity contribution in [3.8, 4) is 0 Å². The Balaban J connectivity index is 1.89. The van der Waals surface area contributed by atoms with Gasteiger partial charge in [0.15, 0.2) is 0 Å². The van der Waals surface area contributed by atoms with E-state index in [9.17, 15) is 5.11 Å². The zero-order valence-electron chi connectivity index (χ0n) is 10.7. The largest absolute Gasteiger partial charge is 0.384 e. The molecule has 0 amide bonds. The van der Waals surface area contributed by atoms with Crippen LogP contribution in [0.15, 0.2) is 40.9 Å². The van der Waals surface area contributed by atoms with Crippen molar-refractivity contribution in [3.05, 3.63) is 53.4 Å². The third kappa shape index (κ3) is 3.18. The maximum Gasteiger partial charge on any atom is 0.133 e. The maximum atomic E-state index is 10.4. The molecular formula is C14H18N2O2. The van der Waals surface area contributed by atoms with Crippen molar-refractivity contribution in [1.29, 1.82) is 0 Å². The summed E-state index contributed by atoms with van der Waals surface area (Å²) in [4.78, 5) is 0. The van der Waals surface area contributed by atoms with Crippen LogP contribution in [0.25, 0.3) is 0 Å². The third-order valence-electron chi connectivity index (χ3n) is 2.85. The van der Waals surface area contributed by atoms with Crippen LogP contribution in [0.2, 0.25) is 0 Å². The second-order valence-corrected chi connectivity index (χ2v) is 4.67. The molecule has 2 aromatic rings. The fraction of sp³-hybridized carbons (Fsp3) is 0.357.